The average molecular weight is 293 g/mol. The van der Waals surface area contributed by atoms with Crippen molar-refractivity contribution in [1.29, 1.82) is 0 Å². The van der Waals surface area contributed by atoms with Crippen LogP contribution in [0.5, 0.6) is 0 Å². The summed E-state index contributed by atoms with van der Waals surface area (Å²) >= 11 is 0. The summed E-state index contributed by atoms with van der Waals surface area (Å²) < 4.78 is 17.5. The summed E-state index contributed by atoms with van der Waals surface area (Å²) in [5.41, 5.74) is -0.185. The zero-order chi connectivity index (χ0) is 15.3. The molecule has 1 aromatic carbocycles. The van der Waals surface area contributed by atoms with E-state index in [0.29, 0.717) is 11.3 Å². The van der Waals surface area contributed by atoms with Gasteiger partial charge >= 0.3 is 6.03 Å². The van der Waals surface area contributed by atoms with Gasteiger partial charge in [0.05, 0.1) is 13.1 Å². The molecule has 1 atom stereocenters. The monoisotopic (exact) mass is 293 g/mol. The molecule has 0 saturated carbocycles. The number of aliphatic hydroxyl groups is 1. The molecule has 0 saturated heterocycles. The fraction of sp³-hybridized carbons (Fsp3) is 0.286. The normalized spacial score (nSPS) is 13.5. The molecule has 2 aromatic rings. The van der Waals surface area contributed by atoms with Crippen molar-refractivity contribution in [3.05, 3.63) is 53.7 Å². The van der Waals surface area contributed by atoms with Gasteiger partial charge in [0.2, 0.25) is 0 Å². The van der Waals surface area contributed by atoms with Gasteiger partial charge in [-0.25, -0.2) is 9.18 Å². The van der Waals surface area contributed by atoms with Gasteiger partial charge in [-0.15, -0.1) is 0 Å². The highest BCUT2D eigenvalue weighted by Crippen LogP contribution is 2.19. The lowest BCUT2D eigenvalue weighted by Crippen LogP contribution is -2.43. The molecule has 1 heterocycles. The fourth-order valence-electron chi connectivity index (χ4n) is 1.73. The number of benzene rings is 1. The van der Waals surface area contributed by atoms with E-state index in [2.05, 4.69) is 20.3 Å². The molecule has 21 heavy (non-hydrogen) atoms. The third-order valence-electron chi connectivity index (χ3n) is 2.98. The molecule has 1 unspecified atom stereocenters. The maximum Gasteiger partial charge on any atom is 0.315 e. The Morgan fingerprint density at radius 2 is 2.05 bits per heavy atom. The topological polar surface area (TPSA) is 87.4 Å². The Bertz CT molecular complexity index is 582. The zero-order valence-electron chi connectivity index (χ0n) is 11.5. The Hall–Kier alpha value is -2.41. The van der Waals surface area contributed by atoms with Crippen LogP contribution >= 0.6 is 0 Å². The molecular formula is C14H16FN3O3. The summed E-state index contributed by atoms with van der Waals surface area (Å²) in [5, 5.41) is 19.1. The molecule has 0 bridgehead atoms. The molecule has 2 rings (SSSR count). The van der Waals surface area contributed by atoms with E-state index in [4.69, 9.17) is 0 Å². The molecule has 1 aromatic heterocycles. The van der Waals surface area contributed by atoms with Gasteiger partial charge in [-0.1, -0.05) is 17.3 Å². The van der Waals surface area contributed by atoms with Crippen LogP contribution in [0.25, 0.3) is 0 Å². The highest BCUT2D eigenvalue weighted by Gasteiger charge is 2.23. The lowest BCUT2D eigenvalue weighted by atomic mass is 9.96. The number of aromatic nitrogens is 1. The van der Waals surface area contributed by atoms with Crippen molar-refractivity contribution in [2.75, 3.05) is 6.54 Å². The second-order valence-corrected chi connectivity index (χ2v) is 4.81. The first kappa shape index (κ1) is 15.0. The summed E-state index contributed by atoms with van der Waals surface area (Å²) in [6, 6.07) is 6.66. The molecule has 0 aliphatic rings. The van der Waals surface area contributed by atoms with Gasteiger partial charge in [0.1, 0.15) is 23.4 Å². The number of nitrogens with one attached hydrogen (secondary N) is 2. The van der Waals surface area contributed by atoms with Crippen LogP contribution in [0.4, 0.5) is 9.18 Å². The van der Waals surface area contributed by atoms with Crippen LogP contribution in [0.3, 0.4) is 0 Å². The van der Waals surface area contributed by atoms with E-state index in [0.717, 1.165) is 0 Å². The maximum atomic E-state index is 12.8. The summed E-state index contributed by atoms with van der Waals surface area (Å²) in [7, 11) is 0. The number of amides is 2. The van der Waals surface area contributed by atoms with Gasteiger partial charge in [-0.3, -0.25) is 0 Å². The second-order valence-electron chi connectivity index (χ2n) is 4.81. The first-order valence-corrected chi connectivity index (χ1v) is 6.37. The van der Waals surface area contributed by atoms with Crippen molar-refractivity contribution in [2.24, 2.45) is 0 Å². The lowest BCUT2D eigenvalue weighted by Gasteiger charge is -2.24. The van der Waals surface area contributed by atoms with E-state index >= 15 is 0 Å². The predicted molar refractivity (Wildman–Crippen MR) is 72.7 cm³/mol. The Kier molecular flexibility index (Phi) is 4.54. The third kappa shape index (κ3) is 4.28. The van der Waals surface area contributed by atoms with Crippen molar-refractivity contribution in [3.8, 4) is 0 Å². The van der Waals surface area contributed by atoms with E-state index in [1.807, 2.05) is 0 Å². The Morgan fingerprint density at radius 3 is 2.67 bits per heavy atom. The number of rotatable bonds is 5. The summed E-state index contributed by atoms with van der Waals surface area (Å²) in [6.45, 7) is 1.75. The van der Waals surface area contributed by atoms with Crippen molar-refractivity contribution in [1.82, 2.24) is 15.8 Å². The van der Waals surface area contributed by atoms with Crippen molar-refractivity contribution in [3.63, 3.8) is 0 Å². The molecule has 2 amide bonds. The first-order chi connectivity index (χ1) is 9.97. The van der Waals surface area contributed by atoms with E-state index in [-0.39, 0.29) is 18.9 Å². The highest BCUT2D eigenvalue weighted by atomic mass is 19.1. The van der Waals surface area contributed by atoms with Crippen LogP contribution < -0.4 is 10.6 Å². The van der Waals surface area contributed by atoms with Gasteiger partial charge < -0.3 is 20.3 Å². The van der Waals surface area contributed by atoms with Crippen molar-refractivity contribution in [2.45, 2.75) is 19.1 Å². The average Bonchev–Trinajstić information content (AvgIpc) is 2.97. The van der Waals surface area contributed by atoms with Crippen LogP contribution in [-0.4, -0.2) is 22.8 Å². The maximum absolute atomic E-state index is 12.8. The smallest absolute Gasteiger partial charge is 0.315 e. The molecule has 3 N–H and O–H groups in total. The predicted octanol–water partition coefficient (Wildman–Crippen LogP) is 1.52. The molecule has 0 aliphatic heterocycles. The summed E-state index contributed by atoms with van der Waals surface area (Å²) in [4.78, 5) is 11.6. The van der Waals surface area contributed by atoms with Crippen LogP contribution in [0.15, 0.2) is 41.1 Å². The van der Waals surface area contributed by atoms with Crippen LogP contribution in [0, 0.1) is 5.82 Å². The fourth-order valence-corrected chi connectivity index (χ4v) is 1.73. The number of carbonyl (C=O) groups is 1. The number of halogens is 1. The van der Waals surface area contributed by atoms with E-state index in [1.165, 1.54) is 37.5 Å². The number of hydrogen-bond donors (Lipinski definition) is 3. The molecule has 0 radical (unpaired) electrons. The SMILES string of the molecule is CC(O)(CNC(=O)NCc1ccon1)c1ccc(F)cc1. The third-order valence-corrected chi connectivity index (χ3v) is 2.98. The van der Waals surface area contributed by atoms with Crippen LogP contribution in [-0.2, 0) is 12.1 Å². The molecule has 6 nitrogen and oxygen atoms in total. The molecule has 0 aliphatic carbocycles. The van der Waals surface area contributed by atoms with Crippen LogP contribution in [0.2, 0.25) is 0 Å². The van der Waals surface area contributed by atoms with Gasteiger partial charge in [-0.05, 0) is 24.6 Å². The zero-order valence-corrected chi connectivity index (χ0v) is 11.5. The van der Waals surface area contributed by atoms with Crippen molar-refractivity contribution >= 4 is 6.03 Å². The molecule has 0 fully saturated rings. The molecule has 7 heteroatoms. The van der Waals surface area contributed by atoms with Gasteiger partial charge in [0, 0.05) is 6.07 Å². The van der Waals surface area contributed by atoms with E-state index in [9.17, 15) is 14.3 Å². The minimum absolute atomic E-state index is 0.0106. The second kappa shape index (κ2) is 6.36. The minimum Gasteiger partial charge on any atom is -0.384 e. The minimum atomic E-state index is -1.29. The Labute approximate surface area is 120 Å². The van der Waals surface area contributed by atoms with Crippen LogP contribution in [0.1, 0.15) is 18.2 Å². The first-order valence-electron chi connectivity index (χ1n) is 6.37. The lowest BCUT2D eigenvalue weighted by molar-refractivity contribution is 0.0593. The van der Waals surface area contributed by atoms with Gasteiger partial charge in [0.15, 0.2) is 0 Å². The van der Waals surface area contributed by atoms with E-state index in [1.54, 1.807) is 6.07 Å². The van der Waals surface area contributed by atoms with Gasteiger partial charge in [-0.2, -0.15) is 0 Å². The summed E-state index contributed by atoms with van der Waals surface area (Å²) in [6.07, 6.45) is 1.41. The highest BCUT2D eigenvalue weighted by molar-refractivity contribution is 5.73. The molecule has 112 valence electrons. The molecule has 0 spiro atoms. The standard InChI is InChI=1S/C14H16FN3O3/c1-14(20,10-2-4-11(15)5-3-10)9-17-13(19)16-8-12-6-7-21-18-12/h2-7,20H,8-9H2,1H3,(H2,16,17,19). The quantitative estimate of drug-likeness (QED) is 0.780. The number of carbonyl (C=O) groups excluding carboxylic acids is 1. The Balaban J connectivity index is 1.83. The van der Waals surface area contributed by atoms with Gasteiger partial charge in [0.25, 0.3) is 0 Å². The largest absolute Gasteiger partial charge is 0.384 e. The molecular weight excluding hydrogens is 277 g/mol. The Morgan fingerprint density at radius 1 is 1.33 bits per heavy atom. The number of nitrogens with zero attached hydrogens (tertiary/aromatic N) is 1. The van der Waals surface area contributed by atoms with Crippen molar-refractivity contribution < 1.29 is 18.8 Å². The summed E-state index contributed by atoms with van der Waals surface area (Å²) in [5.74, 6) is -0.382. The number of urea groups is 1. The number of hydrogen-bond acceptors (Lipinski definition) is 4. The van der Waals surface area contributed by atoms with E-state index < -0.39 is 11.6 Å².